The number of fused-ring (bicyclic) bond motifs is 3. The Kier molecular flexibility index (Phi) is 4.52. The van der Waals surface area contributed by atoms with Crippen molar-refractivity contribution in [2.45, 2.75) is 11.9 Å². The minimum absolute atomic E-state index is 0.0888. The van der Waals surface area contributed by atoms with Gasteiger partial charge in [0.2, 0.25) is 5.91 Å². The Morgan fingerprint density at radius 3 is 2.81 bits per heavy atom. The topological polar surface area (TPSA) is 68.5 Å². The van der Waals surface area contributed by atoms with Crippen molar-refractivity contribution in [2.75, 3.05) is 18.2 Å². The van der Waals surface area contributed by atoms with E-state index in [0.717, 1.165) is 33.3 Å². The lowest BCUT2D eigenvalue weighted by atomic mass is 10.3. The first-order chi connectivity index (χ1) is 12.7. The van der Waals surface area contributed by atoms with Crippen LogP contribution in [0, 0.1) is 6.92 Å². The van der Waals surface area contributed by atoms with Crippen molar-refractivity contribution in [1.82, 2.24) is 14.6 Å². The van der Waals surface area contributed by atoms with Gasteiger partial charge < -0.3 is 10.1 Å². The van der Waals surface area contributed by atoms with Crippen molar-refractivity contribution in [3.63, 3.8) is 0 Å². The maximum Gasteiger partial charge on any atom is 0.234 e. The van der Waals surface area contributed by atoms with Crippen molar-refractivity contribution in [3.05, 3.63) is 47.6 Å². The lowest BCUT2D eigenvalue weighted by Crippen LogP contribution is -2.14. The molecule has 132 valence electrons. The predicted molar refractivity (Wildman–Crippen MR) is 105 cm³/mol. The molecule has 26 heavy (non-hydrogen) atoms. The van der Waals surface area contributed by atoms with Gasteiger partial charge in [0.1, 0.15) is 16.6 Å². The zero-order valence-corrected chi connectivity index (χ0v) is 15.9. The number of hydrogen-bond donors (Lipinski definition) is 1. The molecule has 0 aliphatic heterocycles. The molecule has 1 N–H and O–H groups in total. The molecule has 3 aromatic heterocycles. The summed E-state index contributed by atoms with van der Waals surface area (Å²) < 4.78 is 8.39. The number of nitrogens with zero attached hydrogens (tertiary/aromatic N) is 3. The number of methoxy groups -OCH3 is 1. The van der Waals surface area contributed by atoms with Crippen molar-refractivity contribution >= 4 is 50.4 Å². The number of aryl methyl sites for hydroxylation is 1. The summed E-state index contributed by atoms with van der Waals surface area (Å²) in [6.45, 7) is 1.93. The van der Waals surface area contributed by atoms with Crippen molar-refractivity contribution in [1.29, 1.82) is 0 Å². The number of thioether (sulfide) groups is 1. The Morgan fingerprint density at radius 1 is 1.23 bits per heavy atom. The summed E-state index contributed by atoms with van der Waals surface area (Å²) in [5.74, 6) is 1.76. The number of thiophene rings is 1. The Morgan fingerprint density at radius 2 is 2.04 bits per heavy atom. The van der Waals surface area contributed by atoms with Crippen LogP contribution in [0.1, 0.15) is 5.82 Å². The molecule has 0 fully saturated rings. The molecule has 8 heteroatoms. The minimum atomic E-state index is -0.0888. The number of rotatable bonds is 5. The first-order valence-corrected chi connectivity index (χ1v) is 9.81. The molecule has 1 amide bonds. The lowest BCUT2D eigenvalue weighted by Gasteiger charge is -2.07. The van der Waals surface area contributed by atoms with Crippen LogP contribution in [0.3, 0.4) is 0 Å². The highest BCUT2D eigenvalue weighted by Gasteiger charge is 2.14. The summed E-state index contributed by atoms with van der Waals surface area (Å²) >= 11 is 3.07. The van der Waals surface area contributed by atoms with Crippen molar-refractivity contribution in [3.8, 4) is 5.75 Å². The van der Waals surface area contributed by atoms with Crippen LogP contribution in [0.5, 0.6) is 5.75 Å². The second-order valence-electron chi connectivity index (χ2n) is 5.65. The van der Waals surface area contributed by atoms with Crippen LogP contribution < -0.4 is 10.1 Å². The zero-order chi connectivity index (χ0) is 18.1. The Labute approximate surface area is 158 Å². The molecular weight excluding hydrogens is 368 g/mol. The van der Waals surface area contributed by atoms with Gasteiger partial charge in [-0.15, -0.1) is 21.5 Å². The van der Waals surface area contributed by atoms with Gasteiger partial charge in [-0.3, -0.25) is 9.20 Å². The van der Waals surface area contributed by atoms with Gasteiger partial charge in [-0.05, 0) is 48.7 Å². The maximum absolute atomic E-state index is 12.2. The predicted octanol–water partition coefficient (Wildman–Crippen LogP) is 3.99. The third kappa shape index (κ3) is 3.13. The van der Waals surface area contributed by atoms with Crippen LogP contribution in [0.4, 0.5) is 5.69 Å². The Balaban J connectivity index is 1.50. The summed E-state index contributed by atoms with van der Waals surface area (Å²) in [7, 11) is 1.61. The van der Waals surface area contributed by atoms with E-state index >= 15 is 0 Å². The fraction of sp³-hybridized carbons (Fsp3) is 0.167. The average Bonchev–Trinajstić information content (AvgIpc) is 3.23. The summed E-state index contributed by atoms with van der Waals surface area (Å²) in [6.07, 6.45) is 0. The molecule has 1 aromatic carbocycles. The van der Waals surface area contributed by atoms with Gasteiger partial charge in [0.05, 0.1) is 28.6 Å². The number of amides is 1. The molecular formula is C18H16N4O2S2. The van der Waals surface area contributed by atoms with E-state index in [-0.39, 0.29) is 11.7 Å². The van der Waals surface area contributed by atoms with Gasteiger partial charge in [0.25, 0.3) is 0 Å². The van der Waals surface area contributed by atoms with Gasteiger partial charge in [-0.2, -0.15) is 0 Å². The number of ether oxygens (including phenoxy) is 1. The molecule has 4 aromatic rings. The standard InChI is InChI=1S/C18H16N4O2S2/c1-11-20-21-18(15-9-16-14(22(11)15)7-8-25-16)26-10-17(23)19-12-3-5-13(24-2)6-4-12/h3-9H,10H2,1-2H3,(H,19,23). The lowest BCUT2D eigenvalue weighted by molar-refractivity contribution is -0.113. The van der Waals surface area contributed by atoms with E-state index in [9.17, 15) is 4.79 Å². The molecule has 0 saturated heterocycles. The summed E-state index contributed by atoms with van der Waals surface area (Å²) in [5, 5.41) is 14.2. The second kappa shape index (κ2) is 6.97. The van der Waals surface area contributed by atoms with Crippen LogP contribution in [-0.2, 0) is 4.79 Å². The van der Waals surface area contributed by atoms with Gasteiger partial charge >= 0.3 is 0 Å². The van der Waals surface area contributed by atoms with Crippen LogP contribution in [-0.4, -0.2) is 33.4 Å². The molecule has 0 spiro atoms. The molecule has 0 bridgehead atoms. The molecule has 0 aliphatic rings. The van der Waals surface area contributed by atoms with E-state index in [1.165, 1.54) is 16.5 Å². The summed E-state index contributed by atoms with van der Waals surface area (Å²) in [6, 6.07) is 11.4. The first-order valence-electron chi connectivity index (χ1n) is 7.94. The SMILES string of the molecule is COc1ccc(NC(=O)CSc2nnc(C)n3c2cc2sccc23)cc1. The smallest absolute Gasteiger partial charge is 0.234 e. The van der Waals surface area contributed by atoms with E-state index < -0.39 is 0 Å². The highest BCUT2D eigenvalue weighted by Crippen LogP contribution is 2.30. The number of carbonyl (C=O) groups is 1. The molecule has 0 aliphatic carbocycles. The van der Waals surface area contributed by atoms with Crippen molar-refractivity contribution < 1.29 is 9.53 Å². The normalized spacial score (nSPS) is 11.2. The Bertz CT molecular complexity index is 1090. The third-order valence-corrected chi connectivity index (χ3v) is 5.79. The van der Waals surface area contributed by atoms with E-state index in [4.69, 9.17) is 4.74 Å². The van der Waals surface area contributed by atoms with Crippen LogP contribution in [0.25, 0.3) is 15.7 Å². The Hall–Kier alpha value is -2.58. The quantitative estimate of drug-likeness (QED) is 0.527. The number of aromatic nitrogens is 3. The van der Waals surface area contributed by atoms with E-state index in [2.05, 4.69) is 37.4 Å². The van der Waals surface area contributed by atoms with E-state index in [1.54, 1.807) is 18.4 Å². The van der Waals surface area contributed by atoms with E-state index in [0.29, 0.717) is 0 Å². The number of anilines is 1. The zero-order valence-electron chi connectivity index (χ0n) is 14.2. The number of carbonyl (C=O) groups excluding carboxylic acids is 1. The fourth-order valence-corrected chi connectivity index (χ4v) is 4.29. The van der Waals surface area contributed by atoms with Gasteiger partial charge in [-0.25, -0.2) is 0 Å². The van der Waals surface area contributed by atoms with E-state index in [1.807, 2.05) is 31.2 Å². The summed E-state index contributed by atoms with van der Waals surface area (Å²) in [4.78, 5) is 12.2. The third-order valence-electron chi connectivity index (χ3n) is 3.97. The van der Waals surface area contributed by atoms with Crippen LogP contribution in [0.15, 0.2) is 46.8 Å². The van der Waals surface area contributed by atoms with Gasteiger partial charge in [-0.1, -0.05) is 11.8 Å². The minimum Gasteiger partial charge on any atom is -0.497 e. The largest absolute Gasteiger partial charge is 0.497 e. The highest BCUT2D eigenvalue weighted by molar-refractivity contribution is 8.00. The molecule has 3 heterocycles. The molecule has 0 unspecified atom stereocenters. The molecule has 6 nitrogen and oxygen atoms in total. The number of hydrogen-bond acceptors (Lipinski definition) is 6. The molecule has 0 radical (unpaired) electrons. The summed E-state index contributed by atoms with van der Waals surface area (Å²) in [5.41, 5.74) is 2.85. The molecule has 4 rings (SSSR count). The van der Waals surface area contributed by atoms with Crippen LogP contribution >= 0.6 is 23.1 Å². The molecule has 0 saturated carbocycles. The fourth-order valence-electron chi connectivity index (χ4n) is 2.75. The maximum atomic E-state index is 12.2. The average molecular weight is 384 g/mol. The first kappa shape index (κ1) is 16.9. The number of benzene rings is 1. The monoisotopic (exact) mass is 384 g/mol. The highest BCUT2D eigenvalue weighted by atomic mass is 32.2. The van der Waals surface area contributed by atoms with Crippen LogP contribution in [0.2, 0.25) is 0 Å². The molecule has 0 atom stereocenters. The number of nitrogens with one attached hydrogen (secondary N) is 1. The second-order valence-corrected chi connectivity index (χ2v) is 7.56. The van der Waals surface area contributed by atoms with Crippen molar-refractivity contribution in [2.24, 2.45) is 0 Å². The van der Waals surface area contributed by atoms with Gasteiger partial charge in [0.15, 0.2) is 0 Å². The van der Waals surface area contributed by atoms with Gasteiger partial charge in [0, 0.05) is 5.69 Å².